The monoisotopic (exact) mass is 402 g/mol. The molecule has 28 heavy (non-hydrogen) atoms. The van der Waals surface area contributed by atoms with Crippen LogP contribution in [0.3, 0.4) is 0 Å². The van der Waals surface area contributed by atoms with Crippen LogP contribution in [-0.4, -0.2) is 31.3 Å². The molecular weight excluding hydrogens is 384 g/mol. The molecule has 6 nitrogen and oxygen atoms in total. The van der Waals surface area contributed by atoms with E-state index in [2.05, 4.69) is 0 Å². The summed E-state index contributed by atoms with van der Waals surface area (Å²) in [5.74, 6) is 1.09. The fraction of sp³-hybridized carbons (Fsp3) is 0.238. The summed E-state index contributed by atoms with van der Waals surface area (Å²) < 4.78 is 21.5. The lowest BCUT2D eigenvalue weighted by molar-refractivity contribution is -0.133. The molecule has 3 rings (SSSR count). The van der Waals surface area contributed by atoms with E-state index in [1.807, 2.05) is 0 Å². The van der Waals surface area contributed by atoms with Gasteiger partial charge in [-0.25, -0.2) is 0 Å². The predicted octanol–water partition coefficient (Wildman–Crippen LogP) is 4.16. The van der Waals surface area contributed by atoms with E-state index in [9.17, 15) is 9.59 Å². The number of alkyl halides is 1. The largest absolute Gasteiger partial charge is 0.497 e. The van der Waals surface area contributed by atoms with Gasteiger partial charge in [-0.3, -0.25) is 9.59 Å². The molecule has 1 unspecified atom stereocenters. The minimum absolute atomic E-state index is 0.149. The van der Waals surface area contributed by atoms with Crippen molar-refractivity contribution in [1.82, 2.24) is 0 Å². The third kappa shape index (κ3) is 3.82. The highest BCUT2D eigenvalue weighted by atomic mass is 35.5. The van der Waals surface area contributed by atoms with E-state index < -0.39 is 11.3 Å². The molecule has 0 N–H and O–H groups in total. The van der Waals surface area contributed by atoms with E-state index in [1.54, 1.807) is 44.4 Å². The van der Waals surface area contributed by atoms with Gasteiger partial charge in [0.05, 0.1) is 19.8 Å². The van der Waals surface area contributed by atoms with Crippen LogP contribution in [0, 0.1) is 6.92 Å². The average molecular weight is 403 g/mol. The molecule has 1 aliphatic rings. The standard InChI is InChI=1S/C21H19ClO6/c1-11-7-15(27-21(24)12(2)22)10-17-19(11)20(23)18(28-17)8-13-5-6-14(25-3)9-16(13)26-4/h5-10,12H,1-4H3/b18-8-. The zero-order valence-corrected chi connectivity index (χ0v) is 16.6. The van der Waals surface area contributed by atoms with E-state index >= 15 is 0 Å². The molecule has 0 spiro atoms. The lowest BCUT2D eigenvalue weighted by Gasteiger charge is -2.08. The van der Waals surface area contributed by atoms with Gasteiger partial charge in [0.25, 0.3) is 0 Å². The Hall–Kier alpha value is -2.99. The Morgan fingerprint density at radius 2 is 1.89 bits per heavy atom. The first-order chi connectivity index (χ1) is 13.3. The summed E-state index contributed by atoms with van der Waals surface area (Å²) >= 11 is 5.73. The summed E-state index contributed by atoms with van der Waals surface area (Å²) in [7, 11) is 3.09. The second kappa shape index (κ2) is 7.94. The number of hydrogen-bond acceptors (Lipinski definition) is 6. The highest BCUT2D eigenvalue weighted by molar-refractivity contribution is 6.29. The van der Waals surface area contributed by atoms with Crippen molar-refractivity contribution < 1.29 is 28.5 Å². The summed E-state index contributed by atoms with van der Waals surface area (Å²) in [5.41, 5.74) is 1.73. The summed E-state index contributed by atoms with van der Waals surface area (Å²) in [6.07, 6.45) is 1.60. The number of rotatable bonds is 5. The smallest absolute Gasteiger partial charge is 0.329 e. The molecule has 2 aromatic carbocycles. The number of benzene rings is 2. The van der Waals surface area contributed by atoms with Gasteiger partial charge in [0, 0.05) is 17.7 Å². The van der Waals surface area contributed by atoms with E-state index in [-0.39, 0.29) is 17.3 Å². The maximum absolute atomic E-state index is 12.8. The summed E-state index contributed by atoms with van der Waals surface area (Å²) in [4.78, 5) is 24.5. The Kier molecular flexibility index (Phi) is 5.61. The average Bonchev–Trinajstić information content (AvgIpc) is 2.97. The molecule has 7 heteroatoms. The molecule has 146 valence electrons. The Labute approximate surface area is 167 Å². The summed E-state index contributed by atoms with van der Waals surface area (Å²) in [5, 5.41) is -0.783. The van der Waals surface area contributed by atoms with Crippen LogP contribution >= 0.6 is 11.6 Å². The molecule has 1 aliphatic heterocycles. The zero-order valence-electron chi connectivity index (χ0n) is 15.9. The molecule has 2 aromatic rings. The van der Waals surface area contributed by atoms with Gasteiger partial charge in [-0.15, -0.1) is 11.6 Å². The minimum Gasteiger partial charge on any atom is -0.497 e. The Bertz CT molecular complexity index is 977. The van der Waals surface area contributed by atoms with Crippen LogP contribution in [0.2, 0.25) is 0 Å². The van der Waals surface area contributed by atoms with E-state index in [4.69, 9.17) is 30.5 Å². The van der Waals surface area contributed by atoms with Crippen LogP contribution in [0.25, 0.3) is 6.08 Å². The van der Waals surface area contributed by atoms with Crippen LogP contribution in [-0.2, 0) is 4.79 Å². The molecule has 0 amide bonds. The maximum Gasteiger partial charge on any atom is 0.329 e. The van der Waals surface area contributed by atoms with Gasteiger partial charge in [0.2, 0.25) is 5.78 Å². The zero-order chi connectivity index (χ0) is 20.4. The Morgan fingerprint density at radius 1 is 1.14 bits per heavy atom. The molecule has 0 saturated heterocycles. The van der Waals surface area contributed by atoms with Gasteiger partial charge in [0.1, 0.15) is 28.4 Å². The quantitative estimate of drug-likeness (QED) is 0.323. The van der Waals surface area contributed by atoms with Crippen LogP contribution in [0.5, 0.6) is 23.0 Å². The van der Waals surface area contributed by atoms with Crippen molar-refractivity contribution >= 4 is 29.4 Å². The van der Waals surface area contributed by atoms with E-state index in [0.717, 1.165) is 0 Å². The number of methoxy groups -OCH3 is 2. The first-order valence-corrected chi connectivity index (χ1v) is 8.94. The van der Waals surface area contributed by atoms with Crippen molar-refractivity contribution in [3.63, 3.8) is 0 Å². The number of halogens is 1. The summed E-state index contributed by atoms with van der Waals surface area (Å²) in [6.45, 7) is 3.27. The van der Waals surface area contributed by atoms with Crippen molar-refractivity contribution in [3.05, 3.63) is 52.8 Å². The topological polar surface area (TPSA) is 71.1 Å². The third-order valence-electron chi connectivity index (χ3n) is 4.21. The van der Waals surface area contributed by atoms with Crippen molar-refractivity contribution in [2.24, 2.45) is 0 Å². The summed E-state index contributed by atoms with van der Waals surface area (Å²) in [6, 6.07) is 8.36. The van der Waals surface area contributed by atoms with E-state index in [1.165, 1.54) is 20.1 Å². The molecule has 0 fully saturated rings. The fourth-order valence-corrected chi connectivity index (χ4v) is 2.86. The van der Waals surface area contributed by atoms with Gasteiger partial charge in [-0.1, -0.05) is 0 Å². The Morgan fingerprint density at radius 3 is 2.54 bits per heavy atom. The molecule has 1 heterocycles. The highest BCUT2D eigenvalue weighted by Crippen LogP contribution is 2.38. The molecule has 0 bridgehead atoms. The molecule has 0 radical (unpaired) electrons. The molecule has 0 aromatic heterocycles. The maximum atomic E-state index is 12.8. The lowest BCUT2D eigenvalue weighted by atomic mass is 10.0. The highest BCUT2D eigenvalue weighted by Gasteiger charge is 2.30. The molecule has 0 saturated carbocycles. The first-order valence-electron chi connectivity index (χ1n) is 8.50. The van der Waals surface area contributed by atoms with Gasteiger partial charge < -0.3 is 18.9 Å². The number of aryl methyl sites for hydroxylation is 1. The SMILES string of the molecule is COc1ccc(/C=C2\Oc3cc(OC(=O)C(C)Cl)cc(C)c3C2=O)c(OC)c1. The molecular formula is C21H19ClO6. The van der Waals surface area contributed by atoms with Gasteiger partial charge in [0.15, 0.2) is 5.76 Å². The number of Topliss-reactive ketones (excluding diaryl/α,β-unsaturated/α-hetero) is 1. The third-order valence-corrected chi connectivity index (χ3v) is 4.39. The van der Waals surface area contributed by atoms with E-state index in [0.29, 0.717) is 33.9 Å². The van der Waals surface area contributed by atoms with Gasteiger partial charge in [-0.2, -0.15) is 0 Å². The number of ketones is 1. The number of esters is 1. The predicted molar refractivity (Wildman–Crippen MR) is 105 cm³/mol. The van der Waals surface area contributed by atoms with Crippen molar-refractivity contribution in [2.75, 3.05) is 14.2 Å². The Balaban J connectivity index is 1.94. The number of fused-ring (bicyclic) bond motifs is 1. The fourth-order valence-electron chi connectivity index (χ4n) is 2.81. The van der Waals surface area contributed by atoms with Crippen LogP contribution < -0.4 is 18.9 Å². The number of allylic oxidation sites excluding steroid dienone is 1. The minimum atomic E-state index is -0.783. The number of hydrogen-bond donors (Lipinski definition) is 0. The first kappa shape index (κ1) is 19.8. The van der Waals surface area contributed by atoms with Crippen LogP contribution in [0.15, 0.2) is 36.1 Å². The molecule has 1 atom stereocenters. The number of carbonyl (C=O) groups is 2. The molecule has 0 aliphatic carbocycles. The van der Waals surface area contributed by atoms with Crippen molar-refractivity contribution in [2.45, 2.75) is 19.2 Å². The van der Waals surface area contributed by atoms with Crippen LogP contribution in [0.4, 0.5) is 0 Å². The van der Waals surface area contributed by atoms with Crippen molar-refractivity contribution in [3.8, 4) is 23.0 Å². The lowest BCUT2D eigenvalue weighted by Crippen LogP contribution is -2.17. The second-order valence-electron chi connectivity index (χ2n) is 6.20. The number of carbonyl (C=O) groups excluding carboxylic acids is 2. The second-order valence-corrected chi connectivity index (χ2v) is 6.85. The van der Waals surface area contributed by atoms with Crippen molar-refractivity contribution in [1.29, 1.82) is 0 Å². The number of ether oxygens (including phenoxy) is 4. The normalized spacial score (nSPS) is 15.0. The van der Waals surface area contributed by atoms with Gasteiger partial charge in [-0.05, 0) is 43.7 Å². The van der Waals surface area contributed by atoms with Gasteiger partial charge >= 0.3 is 5.97 Å². The van der Waals surface area contributed by atoms with Crippen LogP contribution in [0.1, 0.15) is 28.4 Å².